The van der Waals surface area contributed by atoms with Crippen LogP contribution in [0.5, 0.6) is 0 Å². The highest BCUT2D eigenvalue weighted by atomic mass is 32.2. The van der Waals surface area contributed by atoms with E-state index in [0.717, 1.165) is 4.90 Å². The van der Waals surface area contributed by atoms with E-state index >= 15 is 0 Å². The molecule has 1 aromatic rings. The predicted molar refractivity (Wildman–Crippen MR) is 64.6 cm³/mol. The molecule has 1 aliphatic rings. The van der Waals surface area contributed by atoms with Crippen LogP contribution in [0.15, 0.2) is 35.2 Å². The third-order valence-corrected chi connectivity index (χ3v) is 4.31. The maximum atomic E-state index is 11.9. The average Bonchev–Trinajstić information content (AvgIpc) is 2.28. The van der Waals surface area contributed by atoms with Gasteiger partial charge in [0.25, 0.3) is 0 Å². The topological polar surface area (TPSA) is 34.1 Å². The lowest BCUT2D eigenvalue weighted by Crippen LogP contribution is -2.43. The van der Waals surface area contributed by atoms with Crippen molar-refractivity contribution < 1.29 is 9.59 Å². The maximum absolute atomic E-state index is 11.9. The van der Waals surface area contributed by atoms with E-state index < -0.39 is 4.75 Å². The van der Waals surface area contributed by atoms with Gasteiger partial charge in [-0.15, -0.1) is 11.8 Å². The number of hydrogen-bond donors (Lipinski definition) is 0. The summed E-state index contributed by atoms with van der Waals surface area (Å²) >= 11 is 1.38. The lowest BCUT2D eigenvalue weighted by molar-refractivity contribution is -0.132. The average molecular weight is 234 g/mol. The zero-order valence-corrected chi connectivity index (χ0v) is 10.0. The van der Waals surface area contributed by atoms with Crippen molar-refractivity contribution in [2.24, 2.45) is 0 Å². The second-order valence-corrected chi connectivity index (χ2v) is 5.64. The molecule has 0 aliphatic heterocycles. The summed E-state index contributed by atoms with van der Waals surface area (Å²) in [5.41, 5.74) is 0. The van der Waals surface area contributed by atoms with Gasteiger partial charge in [0.2, 0.25) is 0 Å². The molecular weight excluding hydrogens is 220 g/mol. The van der Waals surface area contributed by atoms with Gasteiger partial charge in [0.1, 0.15) is 4.75 Å². The van der Waals surface area contributed by atoms with Gasteiger partial charge < -0.3 is 0 Å². The fourth-order valence-corrected chi connectivity index (χ4v) is 3.08. The van der Waals surface area contributed by atoms with Gasteiger partial charge in [-0.05, 0) is 25.5 Å². The molecule has 0 saturated heterocycles. The van der Waals surface area contributed by atoms with E-state index in [-0.39, 0.29) is 11.6 Å². The molecule has 1 saturated carbocycles. The van der Waals surface area contributed by atoms with Crippen LogP contribution in [0.2, 0.25) is 0 Å². The first-order chi connectivity index (χ1) is 7.63. The highest BCUT2D eigenvalue weighted by molar-refractivity contribution is 8.02. The Morgan fingerprint density at radius 2 is 1.62 bits per heavy atom. The Hall–Kier alpha value is -1.09. The van der Waals surface area contributed by atoms with Gasteiger partial charge in [-0.3, -0.25) is 9.59 Å². The van der Waals surface area contributed by atoms with Crippen LogP contribution in [0, 0.1) is 0 Å². The lowest BCUT2D eigenvalue weighted by Gasteiger charge is -2.29. The standard InChI is InChI=1S/C13H14O2S/c1-13(11(14)8-5-9-12(13)15)16-10-6-3-2-4-7-10/h2-4,6-7H,5,8-9H2,1H3. The van der Waals surface area contributed by atoms with E-state index in [1.54, 1.807) is 6.92 Å². The van der Waals surface area contributed by atoms with E-state index in [2.05, 4.69) is 0 Å². The van der Waals surface area contributed by atoms with Crippen LogP contribution >= 0.6 is 11.8 Å². The molecule has 0 radical (unpaired) electrons. The molecule has 3 heteroatoms. The molecule has 1 fully saturated rings. The van der Waals surface area contributed by atoms with Gasteiger partial charge in [0.15, 0.2) is 11.6 Å². The molecule has 84 valence electrons. The van der Waals surface area contributed by atoms with Gasteiger partial charge in [-0.1, -0.05) is 18.2 Å². The first-order valence-electron chi connectivity index (χ1n) is 5.43. The third-order valence-electron chi connectivity index (χ3n) is 2.94. The molecule has 0 spiro atoms. The highest BCUT2D eigenvalue weighted by Gasteiger charge is 2.43. The Morgan fingerprint density at radius 3 is 2.19 bits per heavy atom. The maximum Gasteiger partial charge on any atom is 0.156 e. The summed E-state index contributed by atoms with van der Waals surface area (Å²) < 4.78 is -0.862. The van der Waals surface area contributed by atoms with E-state index in [1.807, 2.05) is 30.3 Å². The van der Waals surface area contributed by atoms with Gasteiger partial charge >= 0.3 is 0 Å². The molecule has 1 aliphatic carbocycles. The summed E-state index contributed by atoms with van der Waals surface area (Å²) in [7, 11) is 0. The predicted octanol–water partition coefficient (Wildman–Crippen LogP) is 2.86. The second-order valence-electron chi connectivity index (χ2n) is 4.15. The molecule has 2 rings (SSSR count). The van der Waals surface area contributed by atoms with Crippen LogP contribution in [0.3, 0.4) is 0 Å². The van der Waals surface area contributed by atoms with Gasteiger partial charge in [0, 0.05) is 17.7 Å². The molecule has 16 heavy (non-hydrogen) atoms. The number of benzene rings is 1. The normalized spacial score (nSPS) is 19.8. The van der Waals surface area contributed by atoms with Crippen LogP contribution in [0.1, 0.15) is 26.2 Å². The molecule has 0 N–H and O–H groups in total. The Bertz CT molecular complexity index is 395. The molecule has 1 aromatic carbocycles. The number of ketones is 2. The fraction of sp³-hybridized carbons (Fsp3) is 0.385. The van der Waals surface area contributed by atoms with Crippen LogP contribution < -0.4 is 0 Å². The highest BCUT2D eigenvalue weighted by Crippen LogP contribution is 2.38. The Balaban J connectivity index is 2.24. The molecule has 2 nitrogen and oxygen atoms in total. The van der Waals surface area contributed by atoms with Crippen molar-refractivity contribution in [3.05, 3.63) is 30.3 Å². The number of rotatable bonds is 2. The first-order valence-corrected chi connectivity index (χ1v) is 6.25. The lowest BCUT2D eigenvalue weighted by atomic mass is 9.87. The Morgan fingerprint density at radius 1 is 1.06 bits per heavy atom. The minimum atomic E-state index is -0.862. The minimum absolute atomic E-state index is 0.0672. The number of thioether (sulfide) groups is 1. The monoisotopic (exact) mass is 234 g/mol. The Labute approximate surface area is 99.4 Å². The smallest absolute Gasteiger partial charge is 0.156 e. The van der Waals surface area contributed by atoms with Crippen LogP contribution in [0.25, 0.3) is 0 Å². The number of Topliss-reactive ketones (excluding diaryl/α,β-unsaturated/α-hetero) is 2. The van der Waals surface area contributed by atoms with Crippen molar-refractivity contribution in [2.75, 3.05) is 0 Å². The van der Waals surface area contributed by atoms with Crippen LogP contribution in [0.4, 0.5) is 0 Å². The van der Waals surface area contributed by atoms with Gasteiger partial charge in [0.05, 0.1) is 0 Å². The summed E-state index contributed by atoms with van der Waals surface area (Å²) in [6, 6.07) is 9.64. The Kier molecular flexibility index (Phi) is 3.15. The minimum Gasteiger partial charge on any atom is -0.298 e. The molecule has 0 heterocycles. The second kappa shape index (κ2) is 4.42. The van der Waals surface area contributed by atoms with Crippen molar-refractivity contribution in [1.82, 2.24) is 0 Å². The molecule has 0 unspecified atom stereocenters. The molecular formula is C13H14O2S. The van der Waals surface area contributed by atoms with Crippen molar-refractivity contribution in [2.45, 2.75) is 35.8 Å². The van der Waals surface area contributed by atoms with E-state index in [9.17, 15) is 9.59 Å². The van der Waals surface area contributed by atoms with E-state index in [1.165, 1.54) is 11.8 Å². The molecule has 0 amide bonds. The quantitative estimate of drug-likeness (QED) is 0.738. The van der Waals surface area contributed by atoms with Crippen molar-refractivity contribution in [3.63, 3.8) is 0 Å². The van der Waals surface area contributed by atoms with Crippen molar-refractivity contribution in [3.8, 4) is 0 Å². The zero-order chi connectivity index (χ0) is 11.6. The largest absolute Gasteiger partial charge is 0.298 e. The summed E-state index contributed by atoms with van der Waals surface area (Å²) in [6.45, 7) is 1.76. The number of hydrogen-bond acceptors (Lipinski definition) is 3. The SMILES string of the molecule is CC1(Sc2ccccc2)C(=O)CCCC1=O. The summed E-state index contributed by atoms with van der Waals surface area (Å²) in [4.78, 5) is 24.8. The third kappa shape index (κ3) is 2.05. The van der Waals surface area contributed by atoms with Crippen molar-refractivity contribution in [1.29, 1.82) is 0 Å². The van der Waals surface area contributed by atoms with Crippen LogP contribution in [-0.2, 0) is 9.59 Å². The first kappa shape index (κ1) is 11.4. The zero-order valence-electron chi connectivity index (χ0n) is 9.23. The van der Waals surface area contributed by atoms with Gasteiger partial charge in [-0.25, -0.2) is 0 Å². The van der Waals surface area contributed by atoms with Crippen LogP contribution in [-0.4, -0.2) is 16.3 Å². The fourth-order valence-electron chi connectivity index (χ4n) is 1.88. The summed E-state index contributed by atoms with van der Waals surface area (Å²) in [5.74, 6) is 0.134. The summed E-state index contributed by atoms with van der Waals surface area (Å²) in [6.07, 6.45) is 1.77. The molecule has 0 bridgehead atoms. The van der Waals surface area contributed by atoms with Crippen molar-refractivity contribution >= 4 is 23.3 Å². The van der Waals surface area contributed by atoms with E-state index in [0.29, 0.717) is 19.3 Å². The van der Waals surface area contributed by atoms with Gasteiger partial charge in [-0.2, -0.15) is 0 Å². The summed E-state index contributed by atoms with van der Waals surface area (Å²) in [5, 5.41) is 0. The molecule has 0 atom stereocenters. The molecule has 0 aromatic heterocycles. The number of carbonyl (C=O) groups excluding carboxylic acids is 2. The number of carbonyl (C=O) groups is 2. The van der Waals surface area contributed by atoms with E-state index in [4.69, 9.17) is 0 Å².